The fourth-order valence-electron chi connectivity index (χ4n) is 2.39. The number of halogens is 2. The van der Waals surface area contributed by atoms with Crippen molar-refractivity contribution in [3.8, 4) is 0 Å². The van der Waals surface area contributed by atoms with Crippen LogP contribution in [0, 0.1) is 6.92 Å². The first kappa shape index (κ1) is 22.9. The van der Waals surface area contributed by atoms with E-state index in [1.807, 2.05) is 6.92 Å². The van der Waals surface area contributed by atoms with E-state index < -0.39 is 15.9 Å². The topological polar surface area (TPSA) is 66.5 Å². The van der Waals surface area contributed by atoms with Crippen molar-refractivity contribution in [1.82, 2.24) is 5.32 Å². The van der Waals surface area contributed by atoms with Crippen molar-refractivity contribution in [2.45, 2.75) is 12.7 Å². The Balaban J connectivity index is 1.85. The first-order valence-electron chi connectivity index (χ1n) is 8.49. The highest BCUT2D eigenvalue weighted by molar-refractivity contribution is 7.98. The van der Waals surface area contributed by atoms with Gasteiger partial charge in [0.25, 0.3) is 0 Å². The van der Waals surface area contributed by atoms with Crippen LogP contribution >= 0.6 is 35.0 Å². The van der Waals surface area contributed by atoms with Gasteiger partial charge in [0.15, 0.2) is 0 Å². The zero-order valence-electron chi connectivity index (χ0n) is 15.6. The monoisotopic (exact) mass is 460 g/mol. The predicted molar refractivity (Wildman–Crippen MR) is 119 cm³/mol. The van der Waals surface area contributed by atoms with Crippen LogP contribution in [-0.4, -0.2) is 39.4 Å². The van der Waals surface area contributed by atoms with E-state index >= 15 is 0 Å². The predicted octanol–water partition coefficient (Wildman–Crippen LogP) is 4.12. The summed E-state index contributed by atoms with van der Waals surface area (Å²) in [7, 11) is -3.68. The Morgan fingerprint density at radius 1 is 1.14 bits per heavy atom. The van der Waals surface area contributed by atoms with Crippen molar-refractivity contribution in [2.24, 2.45) is 0 Å². The summed E-state index contributed by atoms with van der Waals surface area (Å²) >= 11 is 13.7. The molecule has 0 aliphatic heterocycles. The molecule has 0 heterocycles. The Bertz CT molecular complexity index is 919. The number of hydrogen-bond donors (Lipinski definition) is 1. The number of thioether (sulfide) groups is 1. The van der Waals surface area contributed by atoms with E-state index in [1.165, 1.54) is 29.3 Å². The van der Waals surface area contributed by atoms with Crippen LogP contribution in [0.5, 0.6) is 0 Å². The van der Waals surface area contributed by atoms with Gasteiger partial charge >= 0.3 is 0 Å². The summed E-state index contributed by atoms with van der Waals surface area (Å²) in [5.41, 5.74) is 2.66. The molecule has 0 unspecified atom stereocenters. The van der Waals surface area contributed by atoms with Gasteiger partial charge < -0.3 is 5.32 Å². The molecule has 0 spiro atoms. The molecule has 28 heavy (non-hydrogen) atoms. The highest BCUT2D eigenvalue weighted by atomic mass is 35.5. The molecule has 5 nitrogen and oxygen atoms in total. The molecule has 1 N–H and O–H groups in total. The Morgan fingerprint density at radius 2 is 1.82 bits per heavy atom. The average Bonchev–Trinajstić information content (AvgIpc) is 2.61. The van der Waals surface area contributed by atoms with Gasteiger partial charge in [-0.3, -0.25) is 9.10 Å². The number of nitrogens with one attached hydrogen (secondary N) is 1. The smallest absolute Gasteiger partial charge is 0.240 e. The van der Waals surface area contributed by atoms with Crippen LogP contribution in [0.15, 0.2) is 42.5 Å². The normalized spacial score (nSPS) is 11.3. The van der Waals surface area contributed by atoms with E-state index in [9.17, 15) is 13.2 Å². The van der Waals surface area contributed by atoms with Crippen molar-refractivity contribution in [3.63, 3.8) is 0 Å². The first-order chi connectivity index (χ1) is 13.2. The number of benzene rings is 2. The van der Waals surface area contributed by atoms with Crippen LogP contribution in [0.3, 0.4) is 0 Å². The third-order valence-electron chi connectivity index (χ3n) is 3.82. The summed E-state index contributed by atoms with van der Waals surface area (Å²) in [6.07, 6.45) is 1.03. The van der Waals surface area contributed by atoms with Gasteiger partial charge in [-0.1, -0.05) is 53.0 Å². The van der Waals surface area contributed by atoms with Crippen LogP contribution in [-0.2, 0) is 20.6 Å². The van der Waals surface area contributed by atoms with E-state index in [2.05, 4.69) is 29.6 Å². The zero-order valence-corrected chi connectivity index (χ0v) is 18.8. The largest absolute Gasteiger partial charge is 0.354 e. The highest BCUT2D eigenvalue weighted by Crippen LogP contribution is 2.30. The maximum Gasteiger partial charge on any atom is 0.240 e. The summed E-state index contributed by atoms with van der Waals surface area (Å²) in [4.78, 5) is 12.2. The zero-order chi connectivity index (χ0) is 20.7. The molecule has 0 saturated carbocycles. The molecule has 152 valence electrons. The number of carbonyl (C=O) groups is 1. The molecule has 0 aromatic heterocycles. The number of rotatable bonds is 9. The molecular formula is C19H22Cl2N2O3S2. The van der Waals surface area contributed by atoms with Gasteiger partial charge in [0.1, 0.15) is 6.54 Å². The van der Waals surface area contributed by atoms with Crippen molar-refractivity contribution in [3.05, 3.63) is 63.6 Å². The molecule has 0 aliphatic rings. The molecule has 1 amide bonds. The minimum Gasteiger partial charge on any atom is -0.354 e. The lowest BCUT2D eigenvalue weighted by Gasteiger charge is -2.23. The summed E-state index contributed by atoms with van der Waals surface area (Å²) in [5, 5.41) is 3.30. The lowest BCUT2D eigenvalue weighted by Crippen LogP contribution is -2.41. The molecule has 9 heteroatoms. The average molecular weight is 461 g/mol. The van der Waals surface area contributed by atoms with E-state index in [4.69, 9.17) is 23.2 Å². The van der Waals surface area contributed by atoms with E-state index in [0.717, 1.165) is 22.1 Å². The van der Waals surface area contributed by atoms with Crippen LogP contribution in [0.25, 0.3) is 0 Å². The molecule has 2 aromatic carbocycles. The summed E-state index contributed by atoms with van der Waals surface area (Å²) in [6, 6.07) is 12.8. The fraction of sp³-hybridized carbons (Fsp3) is 0.316. The Kier molecular flexibility index (Phi) is 8.49. The Hall–Kier alpha value is -1.41. The molecular weight excluding hydrogens is 439 g/mol. The standard InChI is InChI=1S/C19H22Cl2N2O3S2/c1-14-3-5-15(6-4-14)13-27-10-9-22-19(24)12-23(28(2,25)26)18-8-7-16(20)11-17(18)21/h3-8,11H,9-10,12-13H2,1-2H3,(H,22,24). The Labute approximate surface area is 180 Å². The molecule has 0 atom stereocenters. The highest BCUT2D eigenvalue weighted by Gasteiger charge is 2.23. The van der Waals surface area contributed by atoms with Gasteiger partial charge in [-0.2, -0.15) is 11.8 Å². The van der Waals surface area contributed by atoms with Gasteiger partial charge in [-0.25, -0.2) is 8.42 Å². The van der Waals surface area contributed by atoms with Gasteiger partial charge in [-0.15, -0.1) is 0 Å². The molecule has 0 saturated heterocycles. The minimum atomic E-state index is -3.68. The third kappa shape index (κ3) is 7.20. The van der Waals surface area contributed by atoms with Crippen molar-refractivity contribution < 1.29 is 13.2 Å². The molecule has 2 aromatic rings. The second kappa shape index (κ2) is 10.4. The summed E-state index contributed by atoms with van der Waals surface area (Å²) in [5.74, 6) is 1.18. The first-order valence-corrected chi connectivity index (χ1v) is 12.3. The minimum absolute atomic E-state index is 0.166. The van der Waals surface area contributed by atoms with E-state index in [0.29, 0.717) is 11.6 Å². The molecule has 0 bridgehead atoms. The number of hydrogen-bond acceptors (Lipinski definition) is 4. The van der Waals surface area contributed by atoms with Crippen LogP contribution in [0.4, 0.5) is 5.69 Å². The maximum atomic E-state index is 12.2. The van der Waals surface area contributed by atoms with Crippen molar-refractivity contribution >= 4 is 56.6 Å². The Morgan fingerprint density at radius 3 is 2.43 bits per heavy atom. The summed E-state index contributed by atoms with van der Waals surface area (Å²) < 4.78 is 25.2. The van der Waals surface area contributed by atoms with Gasteiger partial charge in [0.05, 0.1) is 17.0 Å². The van der Waals surface area contributed by atoms with Crippen LogP contribution in [0.1, 0.15) is 11.1 Å². The van der Waals surface area contributed by atoms with Gasteiger partial charge in [0.2, 0.25) is 15.9 Å². The van der Waals surface area contributed by atoms with Crippen molar-refractivity contribution in [1.29, 1.82) is 0 Å². The summed E-state index contributed by atoms with van der Waals surface area (Å²) in [6.45, 7) is 2.15. The molecule has 2 rings (SSSR count). The number of carbonyl (C=O) groups excluding carboxylic acids is 1. The van der Waals surface area contributed by atoms with E-state index in [-0.39, 0.29) is 17.3 Å². The maximum absolute atomic E-state index is 12.2. The number of nitrogens with zero attached hydrogens (tertiary/aromatic N) is 1. The molecule has 0 aliphatic carbocycles. The number of amides is 1. The molecule has 0 fully saturated rings. The third-order valence-corrected chi connectivity index (χ3v) is 6.52. The number of aryl methyl sites for hydroxylation is 1. The lowest BCUT2D eigenvalue weighted by atomic mass is 10.2. The van der Waals surface area contributed by atoms with Crippen LogP contribution in [0.2, 0.25) is 10.0 Å². The quantitative estimate of drug-likeness (QED) is 0.571. The van der Waals surface area contributed by atoms with Gasteiger partial charge in [0, 0.05) is 23.1 Å². The van der Waals surface area contributed by atoms with Gasteiger partial charge in [-0.05, 0) is 30.7 Å². The van der Waals surface area contributed by atoms with Crippen LogP contribution < -0.4 is 9.62 Å². The second-order valence-corrected chi connectivity index (χ2v) is 10.1. The van der Waals surface area contributed by atoms with E-state index in [1.54, 1.807) is 11.8 Å². The number of sulfonamides is 1. The SMILES string of the molecule is Cc1ccc(CSCCNC(=O)CN(c2ccc(Cl)cc2Cl)S(C)(=O)=O)cc1. The lowest BCUT2D eigenvalue weighted by molar-refractivity contribution is -0.119. The molecule has 0 radical (unpaired) electrons. The fourth-order valence-corrected chi connectivity index (χ4v) is 4.64. The number of anilines is 1. The van der Waals surface area contributed by atoms with Crippen molar-refractivity contribution in [2.75, 3.05) is 29.4 Å². The second-order valence-electron chi connectivity index (χ2n) is 6.25.